The molecule has 0 bridgehead atoms. The van der Waals surface area contributed by atoms with Gasteiger partial charge in [-0.2, -0.15) is 0 Å². The zero-order chi connectivity index (χ0) is 20.8. The van der Waals surface area contributed by atoms with Crippen LogP contribution in [0.25, 0.3) is 10.7 Å². The highest BCUT2D eigenvalue weighted by Crippen LogP contribution is 2.31. The summed E-state index contributed by atoms with van der Waals surface area (Å²) in [7, 11) is 0. The van der Waals surface area contributed by atoms with Crippen LogP contribution in [0.2, 0.25) is 4.34 Å². The van der Waals surface area contributed by atoms with Crippen molar-refractivity contribution in [2.24, 2.45) is 5.92 Å². The minimum atomic E-state index is -0.354. The molecule has 0 aliphatic heterocycles. The fraction of sp³-hybridized carbons (Fsp3) is 0.619. The predicted octanol–water partition coefficient (Wildman–Crippen LogP) is 5.21. The SMILES string of the molecule is CCCCN(C(=O)C1CCCCC1)C(CC)c1nnc(-c2ccc(Cl)s2)[nH]c1=O. The van der Waals surface area contributed by atoms with Crippen LogP contribution in [0.15, 0.2) is 16.9 Å². The van der Waals surface area contributed by atoms with Gasteiger partial charge in [-0.25, -0.2) is 0 Å². The molecule has 1 aliphatic rings. The smallest absolute Gasteiger partial charge is 0.275 e. The van der Waals surface area contributed by atoms with E-state index in [1.807, 2.05) is 17.9 Å². The van der Waals surface area contributed by atoms with E-state index in [4.69, 9.17) is 11.6 Å². The van der Waals surface area contributed by atoms with Crippen molar-refractivity contribution in [2.45, 2.75) is 71.3 Å². The summed E-state index contributed by atoms with van der Waals surface area (Å²) in [5.41, 5.74) is 0.0310. The molecule has 2 aromatic rings. The molecule has 1 fully saturated rings. The van der Waals surface area contributed by atoms with E-state index in [1.54, 1.807) is 6.07 Å². The first kappa shape index (κ1) is 22.0. The van der Waals surface area contributed by atoms with Crippen LogP contribution in [-0.2, 0) is 4.79 Å². The van der Waals surface area contributed by atoms with Crippen molar-refractivity contribution in [1.82, 2.24) is 20.1 Å². The molecule has 3 rings (SSSR count). The number of halogens is 1. The number of nitrogens with one attached hydrogen (secondary N) is 1. The Morgan fingerprint density at radius 1 is 1.28 bits per heavy atom. The summed E-state index contributed by atoms with van der Waals surface area (Å²) in [6.07, 6.45) is 7.83. The molecule has 2 aromatic heterocycles. The predicted molar refractivity (Wildman–Crippen MR) is 117 cm³/mol. The van der Waals surface area contributed by atoms with Gasteiger partial charge in [-0.15, -0.1) is 21.5 Å². The van der Waals surface area contributed by atoms with Crippen LogP contribution in [0.3, 0.4) is 0 Å². The average Bonchev–Trinajstić information content (AvgIpc) is 3.18. The summed E-state index contributed by atoms with van der Waals surface area (Å²) >= 11 is 7.33. The van der Waals surface area contributed by atoms with Crippen molar-refractivity contribution in [1.29, 1.82) is 0 Å². The Balaban J connectivity index is 1.89. The lowest BCUT2D eigenvalue weighted by molar-refractivity contribution is -0.139. The molecular weight excluding hydrogens is 408 g/mol. The number of hydrogen-bond acceptors (Lipinski definition) is 5. The topological polar surface area (TPSA) is 79.0 Å². The van der Waals surface area contributed by atoms with E-state index in [1.165, 1.54) is 17.8 Å². The van der Waals surface area contributed by atoms with E-state index in [9.17, 15) is 9.59 Å². The summed E-state index contributed by atoms with van der Waals surface area (Å²) in [4.78, 5) is 31.7. The molecule has 1 atom stereocenters. The average molecular weight is 437 g/mol. The highest BCUT2D eigenvalue weighted by molar-refractivity contribution is 7.19. The Hall–Kier alpha value is -1.73. The maximum Gasteiger partial charge on any atom is 0.275 e. The number of unbranched alkanes of at least 4 members (excludes halogenated alkanes) is 1. The van der Waals surface area contributed by atoms with Crippen LogP contribution < -0.4 is 5.56 Å². The summed E-state index contributed by atoms with van der Waals surface area (Å²) < 4.78 is 0.627. The highest BCUT2D eigenvalue weighted by Gasteiger charge is 2.32. The number of nitrogens with zero attached hydrogens (tertiary/aromatic N) is 3. The van der Waals surface area contributed by atoms with Crippen LogP contribution in [0.5, 0.6) is 0 Å². The fourth-order valence-electron chi connectivity index (χ4n) is 4.01. The van der Waals surface area contributed by atoms with Crippen LogP contribution in [-0.4, -0.2) is 32.5 Å². The Morgan fingerprint density at radius 2 is 2.03 bits per heavy atom. The van der Waals surface area contributed by atoms with Crippen LogP contribution in [0.4, 0.5) is 0 Å². The van der Waals surface area contributed by atoms with Gasteiger partial charge in [0, 0.05) is 12.5 Å². The van der Waals surface area contributed by atoms with Crippen molar-refractivity contribution in [2.75, 3.05) is 6.54 Å². The number of hydrogen-bond donors (Lipinski definition) is 1. The third-order valence-electron chi connectivity index (χ3n) is 5.60. The first-order valence-corrected chi connectivity index (χ1v) is 11.8. The van der Waals surface area contributed by atoms with Gasteiger partial charge in [0.05, 0.1) is 15.3 Å². The lowest BCUT2D eigenvalue weighted by Gasteiger charge is -2.34. The molecule has 0 aromatic carbocycles. The Labute approximate surface area is 180 Å². The second kappa shape index (κ2) is 10.3. The van der Waals surface area contributed by atoms with Gasteiger partial charge in [0.2, 0.25) is 5.91 Å². The summed E-state index contributed by atoms with van der Waals surface area (Å²) in [6.45, 7) is 4.75. The van der Waals surface area contributed by atoms with E-state index in [0.29, 0.717) is 28.8 Å². The Bertz CT molecular complexity index is 876. The number of aromatic nitrogens is 3. The van der Waals surface area contributed by atoms with Crippen molar-refractivity contribution in [3.05, 3.63) is 32.5 Å². The molecule has 6 nitrogen and oxygen atoms in total. The van der Waals surface area contributed by atoms with E-state index < -0.39 is 0 Å². The largest absolute Gasteiger partial charge is 0.334 e. The number of H-pyrrole nitrogens is 1. The van der Waals surface area contributed by atoms with Crippen molar-refractivity contribution < 1.29 is 4.79 Å². The van der Waals surface area contributed by atoms with E-state index >= 15 is 0 Å². The molecular formula is C21H29ClN4O2S. The molecule has 1 amide bonds. The third kappa shape index (κ3) is 5.25. The van der Waals surface area contributed by atoms with E-state index in [0.717, 1.165) is 43.4 Å². The number of amides is 1. The maximum absolute atomic E-state index is 13.3. The Morgan fingerprint density at radius 3 is 2.62 bits per heavy atom. The molecule has 0 radical (unpaired) electrons. The summed E-state index contributed by atoms with van der Waals surface area (Å²) in [5.74, 6) is 0.638. The van der Waals surface area contributed by atoms with Gasteiger partial charge < -0.3 is 9.88 Å². The molecule has 29 heavy (non-hydrogen) atoms. The quantitative estimate of drug-likeness (QED) is 0.616. The second-order valence-electron chi connectivity index (χ2n) is 7.64. The first-order chi connectivity index (χ1) is 14.0. The molecule has 2 heterocycles. The molecule has 8 heteroatoms. The molecule has 1 N–H and O–H groups in total. The number of carbonyl (C=O) groups excluding carboxylic acids is 1. The Kier molecular flexibility index (Phi) is 7.84. The van der Waals surface area contributed by atoms with Gasteiger partial charge in [-0.1, -0.05) is 51.1 Å². The number of rotatable bonds is 8. The zero-order valence-corrected chi connectivity index (χ0v) is 18.7. The number of aromatic amines is 1. The van der Waals surface area contributed by atoms with Crippen molar-refractivity contribution >= 4 is 28.8 Å². The van der Waals surface area contributed by atoms with Crippen molar-refractivity contribution in [3.63, 3.8) is 0 Å². The van der Waals surface area contributed by atoms with Crippen LogP contribution in [0.1, 0.15) is 76.9 Å². The normalized spacial score (nSPS) is 16.0. The first-order valence-electron chi connectivity index (χ1n) is 10.6. The summed E-state index contributed by atoms with van der Waals surface area (Å²) in [5, 5.41) is 8.50. The second-order valence-corrected chi connectivity index (χ2v) is 9.35. The van der Waals surface area contributed by atoms with Gasteiger partial charge in [-0.05, 0) is 37.8 Å². The zero-order valence-electron chi connectivity index (χ0n) is 17.1. The number of thiophene rings is 1. The van der Waals surface area contributed by atoms with E-state index in [2.05, 4.69) is 22.1 Å². The fourth-order valence-corrected chi connectivity index (χ4v) is 4.99. The van der Waals surface area contributed by atoms with Gasteiger partial charge in [0.25, 0.3) is 5.56 Å². The van der Waals surface area contributed by atoms with Gasteiger partial charge >= 0.3 is 0 Å². The molecule has 1 saturated carbocycles. The number of carbonyl (C=O) groups is 1. The monoisotopic (exact) mass is 436 g/mol. The van der Waals surface area contributed by atoms with Gasteiger partial charge in [0.1, 0.15) is 0 Å². The molecule has 158 valence electrons. The lowest BCUT2D eigenvalue weighted by Crippen LogP contribution is -2.42. The van der Waals surface area contributed by atoms with E-state index in [-0.39, 0.29) is 23.4 Å². The molecule has 1 aliphatic carbocycles. The standard InChI is InChI=1S/C21H29ClN4O2S/c1-3-5-13-26(21(28)14-9-7-6-8-10-14)15(4-2)18-20(27)23-19(25-24-18)16-11-12-17(22)29-16/h11-12,14-15H,3-10,13H2,1-2H3,(H,23,25,27). The molecule has 0 saturated heterocycles. The third-order valence-corrected chi connectivity index (χ3v) is 6.84. The minimum absolute atomic E-state index is 0.0641. The summed E-state index contributed by atoms with van der Waals surface area (Å²) in [6, 6.07) is 3.22. The van der Waals surface area contributed by atoms with Crippen molar-refractivity contribution in [3.8, 4) is 10.7 Å². The van der Waals surface area contributed by atoms with Gasteiger partial charge in [0.15, 0.2) is 11.5 Å². The molecule has 1 unspecified atom stereocenters. The maximum atomic E-state index is 13.3. The molecule has 0 spiro atoms. The van der Waals surface area contributed by atoms with Crippen LogP contribution in [0, 0.1) is 5.92 Å². The lowest BCUT2D eigenvalue weighted by atomic mass is 9.87. The highest BCUT2D eigenvalue weighted by atomic mass is 35.5. The van der Waals surface area contributed by atoms with Gasteiger partial charge in [-0.3, -0.25) is 9.59 Å². The minimum Gasteiger partial charge on any atom is -0.334 e. The van der Waals surface area contributed by atoms with Crippen LogP contribution >= 0.6 is 22.9 Å².